The number of hydrogen-bond donors (Lipinski definition) is 1. The van der Waals surface area contributed by atoms with Crippen molar-refractivity contribution in [3.63, 3.8) is 0 Å². The first-order chi connectivity index (χ1) is 12.5. The number of carbonyl (C=O) groups excluding carboxylic acids is 2. The summed E-state index contributed by atoms with van der Waals surface area (Å²) in [7, 11) is 0. The topological polar surface area (TPSA) is 67.2 Å². The molecule has 0 radical (unpaired) electrons. The summed E-state index contributed by atoms with van der Waals surface area (Å²) >= 11 is 0. The van der Waals surface area contributed by atoms with E-state index in [2.05, 4.69) is 23.5 Å². The van der Waals surface area contributed by atoms with E-state index in [-0.39, 0.29) is 24.4 Å². The third-order valence-corrected chi connectivity index (χ3v) is 4.12. The monoisotopic (exact) mass is 354 g/mol. The van der Waals surface area contributed by atoms with Crippen LogP contribution in [0.4, 0.5) is 0 Å². The number of aromatic nitrogens is 2. The first-order valence-corrected chi connectivity index (χ1v) is 8.75. The van der Waals surface area contributed by atoms with Gasteiger partial charge in [-0.25, -0.2) is 4.98 Å². The molecule has 1 heterocycles. The Morgan fingerprint density at radius 2 is 1.92 bits per heavy atom. The van der Waals surface area contributed by atoms with Crippen molar-refractivity contribution in [1.29, 1.82) is 0 Å². The average molecular weight is 354 g/mol. The molecule has 1 unspecified atom stereocenters. The Hall–Kier alpha value is -2.89. The van der Waals surface area contributed by atoms with Crippen molar-refractivity contribution in [2.75, 3.05) is 13.1 Å². The van der Waals surface area contributed by atoms with Gasteiger partial charge in [-0.3, -0.25) is 9.59 Å². The molecular weight excluding hydrogens is 328 g/mol. The van der Waals surface area contributed by atoms with Crippen molar-refractivity contribution in [2.24, 2.45) is 0 Å². The van der Waals surface area contributed by atoms with Gasteiger partial charge in [0.05, 0.1) is 17.1 Å². The van der Waals surface area contributed by atoms with Gasteiger partial charge in [0.25, 0.3) is 0 Å². The zero-order valence-electron chi connectivity index (χ0n) is 15.4. The summed E-state index contributed by atoms with van der Waals surface area (Å²) in [6.45, 7) is 12.1. The van der Waals surface area contributed by atoms with Gasteiger partial charge in [0, 0.05) is 19.5 Å². The summed E-state index contributed by atoms with van der Waals surface area (Å²) in [5.41, 5.74) is 1.66. The van der Waals surface area contributed by atoms with E-state index in [1.165, 1.54) is 0 Å². The number of amides is 2. The van der Waals surface area contributed by atoms with Crippen molar-refractivity contribution in [1.82, 2.24) is 19.8 Å². The highest BCUT2D eigenvalue weighted by Crippen LogP contribution is 2.21. The summed E-state index contributed by atoms with van der Waals surface area (Å²) in [6.07, 6.45) is 3.78. The number of nitrogens with one attached hydrogen (secondary N) is 1. The average Bonchev–Trinajstić information content (AvgIpc) is 3.00. The maximum atomic E-state index is 12.8. The molecule has 2 amide bonds. The molecule has 0 bridgehead atoms. The third kappa shape index (κ3) is 4.39. The quantitative estimate of drug-likeness (QED) is 0.704. The van der Waals surface area contributed by atoms with Crippen LogP contribution in [0.3, 0.4) is 0 Å². The number of benzene rings is 1. The Kier molecular flexibility index (Phi) is 6.72. The van der Waals surface area contributed by atoms with Crippen LogP contribution in [0.15, 0.2) is 49.6 Å². The van der Waals surface area contributed by atoms with Crippen LogP contribution < -0.4 is 5.32 Å². The Labute approximate surface area is 154 Å². The van der Waals surface area contributed by atoms with Crippen LogP contribution in [0.25, 0.3) is 11.0 Å². The molecule has 0 fully saturated rings. The summed E-state index contributed by atoms with van der Waals surface area (Å²) in [4.78, 5) is 30.9. The van der Waals surface area contributed by atoms with Crippen LogP contribution in [0.2, 0.25) is 0 Å². The molecule has 0 aliphatic heterocycles. The second-order valence-electron chi connectivity index (χ2n) is 6.06. The molecule has 0 aliphatic carbocycles. The number of nitrogens with zero attached hydrogens (tertiary/aromatic N) is 3. The molecule has 0 spiro atoms. The van der Waals surface area contributed by atoms with Gasteiger partial charge < -0.3 is 14.8 Å². The minimum absolute atomic E-state index is 0.0526. The summed E-state index contributed by atoms with van der Waals surface area (Å²) < 4.78 is 1.87. The van der Waals surface area contributed by atoms with Gasteiger partial charge in [-0.1, -0.05) is 31.2 Å². The maximum Gasteiger partial charge on any atom is 0.243 e. The van der Waals surface area contributed by atoms with Gasteiger partial charge in [0.2, 0.25) is 11.8 Å². The van der Waals surface area contributed by atoms with Crippen molar-refractivity contribution in [3.05, 3.63) is 55.4 Å². The Balaban J connectivity index is 2.38. The lowest BCUT2D eigenvalue weighted by Crippen LogP contribution is -2.35. The van der Waals surface area contributed by atoms with Crippen molar-refractivity contribution in [3.8, 4) is 0 Å². The number of rotatable bonds is 9. The second kappa shape index (κ2) is 8.99. The molecule has 2 rings (SSSR count). The number of carbonyl (C=O) groups is 2. The van der Waals surface area contributed by atoms with Crippen LogP contribution in [0, 0.1) is 0 Å². The molecule has 0 aliphatic rings. The predicted octanol–water partition coefficient (Wildman–Crippen LogP) is 2.82. The van der Waals surface area contributed by atoms with Crippen LogP contribution >= 0.6 is 0 Å². The zero-order valence-corrected chi connectivity index (χ0v) is 15.4. The maximum absolute atomic E-state index is 12.8. The molecule has 1 aromatic carbocycles. The lowest BCUT2D eigenvalue weighted by atomic mass is 10.3. The fourth-order valence-electron chi connectivity index (χ4n) is 2.82. The largest absolute Gasteiger partial charge is 0.346 e. The molecule has 1 aromatic heterocycles. The van der Waals surface area contributed by atoms with Crippen LogP contribution in [0.1, 0.15) is 32.1 Å². The minimum atomic E-state index is -0.296. The Morgan fingerprint density at radius 1 is 1.27 bits per heavy atom. The molecule has 1 atom stereocenters. The number of para-hydroxylation sites is 2. The molecule has 26 heavy (non-hydrogen) atoms. The molecular formula is C20H26N4O2. The summed E-state index contributed by atoms with van der Waals surface area (Å²) in [5.74, 6) is 0.559. The second-order valence-corrected chi connectivity index (χ2v) is 6.06. The van der Waals surface area contributed by atoms with E-state index >= 15 is 0 Å². The van der Waals surface area contributed by atoms with Gasteiger partial charge in [-0.2, -0.15) is 0 Å². The molecule has 138 valence electrons. The van der Waals surface area contributed by atoms with E-state index in [1.54, 1.807) is 24.0 Å². The fourth-order valence-corrected chi connectivity index (χ4v) is 2.82. The first kappa shape index (κ1) is 19.4. The SMILES string of the molecule is C=CCN(CC=C)C(=O)Cn1c(C(C)NC(=O)CC)nc2ccccc21. The van der Waals surface area contributed by atoms with Gasteiger partial charge in [-0.05, 0) is 19.1 Å². The van der Waals surface area contributed by atoms with E-state index in [4.69, 9.17) is 0 Å². The predicted molar refractivity (Wildman–Crippen MR) is 104 cm³/mol. The first-order valence-electron chi connectivity index (χ1n) is 8.75. The molecule has 1 N–H and O–H groups in total. The van der Waals surface area contributed by atoms with Crippen molar-refractivity contribution >= 4 is 22.8 Å². The third-order valence-electron chi connectivity index (χ3n) is 4.12. The standard InChI is InChI=1S/C20H26N4O2/c1-5-12-23(13-6-2)19(26)14-24-17-11-9-8-10-16(17)22-20(24)15(4)21-18(25)7-3/h5-6,8-11,15H,1-2,7,12-14H2,3-4H3,(H,21,25). The summed E-state index contributed by atoms with van der Waals surface area (Å²) in [6, 6.07) is 7.35. The number of imidazole rings is 1. The molecule has 0 saturated carbocycles. The van der Waals surface area contributed by atoms with E-state index in [0.29, 0.717) is 25.3 Å². The van der Waals surface area contributed by atoms with Crippen LogP contribution in [-0.4, -0.2) is 39.4 Å². The highest BCUT2D eigenvalue weighted by molar-refractivity contribution is 5.82. The van der Waals surface area contributed by atoms with Crippen molar-refractivity contribution in [2.45, 2.75) is 32.9 Å². The van der Waals surface area contributed by atoms with E-state index in [0.717, 1.165) is 11.0 Å². The lowest BCUT2D eigenvalue weighted by Gasteiger charge is -2.21. The highest BCUT2D eigenvalue weighted by atomic mass is 16.2. The fraction of sp³-hybridized carbons (Fsp3) is 0.350. The zero-order chi connectivity index (χ0) is 19.1. The molecule has 0 saturated heterocycles. The number of fused-ring (bicyclic) bond motifs is 1. The van der Waals surface area contributed by atoms with Gasteiger partial charge >= 0.3 is 0 Å². The van der Waals surface area contributed by atoms with Crippen LogP contribution in [0.5, 0.6) is 0 Å². The van der Waals surface area contributed by atoms with Crippen LogP contribution in [-0.2, 0) is 16.1 Å². The normalized spacial score (nSPS) is 11.8. The molecule has 2 aromatic rings. The smallest absolute Gasteiger partial charge is 0.243 e. The Bertz CT molecular complexity index is 799. The van der Waals surface area contributed by atoms with Gasteiger partial charge in [0.1, 0.15) is 12.4 Å². The van der Waals surface area contributed by atoms with E-state index in [1.807, 2.05) is 35.8 Å². The lowest BCUT2D eigenvalue weighted by molar-refractivity contribution is -0.130. The Morgan fingerprint density at radius 3 is 2.54 bits per heavy atom. The summed E-state index contributed by atoms with van der Waals surface area (Å²) in [5, 5.41) is 2.92. The van der Waals surface area contributed by atoms with E-state index < -0.39 is 0 Å². The molecule has 6 nitrogen and oxygen atoms in total. The van der Waals surface area contributed by atoms with Crippen molar-refractivity contribution < 1.29 is 9.59 Å². The highest BCUT2D eigenvalue weighted by Gasteiger charge is 2.21. The minimum Gasteiger partial charge on any atom is -0.346 e. The molecule has 6 heteroatoms. The van der Waals surface area contributed by atoms with Gasteiger partial charge in [0.15, 0.2) is 0 Å². The van der Waals surface area contributed by atoms with Gasteiger partial charge in [-0.15, -0.1) is 13.2 Å². The van der Waals surface area contributed by atoms with E-state index in [9.17, 15) is 9.59 Å². The number of hydrogen-bond acceptors (Lipinski definition) is 3.